The molecule has 0 saturated heterocycles. The van der Waals surface area contributed by atoms with E-state index in [0.717, 1.165) is 0 Å². The summed E-state index contributed by atoms with van der Waals surface area (Å²) in [6, 6.07) is 5.38. The number of rotatable bonds is 3. The van der Waals surface area contributed by atoms with Crippen LogP contribution in [0.2, 0.25) is 5.02 Å². The fourth-order valence-electron chi connectivity index (χ4n) is 1.52. The number of nitrogens with zero attached hydrogens (tertiary/aromatic N) is 2. The highest BCUT2D eigenvalue weighted by Crippen LogP contribution is 2.25. The van der Waals surface area contributed by atoms with Crippen molar-refractivity contribution in [3.05, 3.63) is 61.8 Å². The Kier molecular flexibility index (Phi) is 4.31. The van der Waals surface area contributed by atoms with Crippen molar-refractivity contribution >= 4 is 44.8 Å². The smallest absolute Gasteiger partial charge is 0.282 e. The number of benzene rings is 1. The van der Waals surface area contributed by atoms with Crippen LogP contribution < -0.4 is 5.32 Å². The monoisotopic (exact) mass is 355 g/mol. The third-order valence-corrected chi connectivity index (χ3v) is 3.29. The van der Waals surface area contributed by atoms with E-state index >= 15 is 0 Å². The zero-order valence-corrected chi connectivity index (χ0v) is 12.2. The second kappa shape index (κ2) is 5.98. The van der Waals surface area contributed by atoms with Crippen LogP contribution in [-0.4, -0.2) is 15.8 Å². The molecule has 0 aliphatic rings. The quantitative estimate of drug-likeness (QED) is 0.672. The Hall–Kier alpha value is -1.99. The van der Waals surface area contributed by atoms with Gasteiger partial charge in [-0.3, -0.25) is 19.9 Å². The number of amides is 1. The van der Waals surface area contributed by atoms with Crippen LogP contribution in [0.25, 0.3) is 0 Å². The van der Waals surface area contributed by atoms with Gasteiger partial charge in [-0.05, 0) is 34.1 Å². The number of pyridine rings is 1. The molecule has 0 radical (unpaired) electrons. The van der Waals surface area contributed by atoms with Gasteiger partial charge in [-0.15, -0.1) is 0 Å². The van der Waals surface area contributed by atoms with Gasteiger partial charge in [0.25, 0.3) is 11.6 Å². The minimum atomic E-state index is -0.632. The summed E-state index contributed by atoms with van der Waals surface area (Å²) in [6.07, 6.45) is 2.99. The van der Waals surface area contributed by atoms with Crippen LogP contribution in [-0.2, 0) is 0 Å². The predicted molar refractivity (Wildman–Crippen MR) is 78.0 cm³/mol. The lowest BCUT2D eigenvalue weighted by molar-refractivity contribution is -0.385. The summed E-state index contributed by atoms with van der Waals surface area (Å²) in [5.41, 5.74) is 0.0440. The van der Waals surface area contributed by atoms with E-state index in [1.807, 2.05) is 0 Å². The van der Waals surface area contributed by atoms with Gasteiger partial charge < -0.3 is 5.32 Å². The van der Waals surface area contributed by atoms with Crippen molar-refractivity contribution in [2.24, 2.45) is 0 Å². The molecule has 20 heavy (non-hydrogen) atoms. The van der Waals surface area contributed by atoms with Gasteiger partial charge in [0.05, 0.1) is 15.1 Å². The fraction of sp³-hybridized carbons (Fsp3) is 0. The fourth-order valence-corrected chi connectivity index (χ4v) is 2.04. The van der Waals surface area contributed by atoms with Crippen LogP contribution in [0.3, 0.4) is 0 Å². The minimum absolute atomic E-state index is 0.105. The summed E-state index contributed by atoms with van der Waals surface area (Å²) >= 11 is 9.00. The Balaban J connectivity index is 2.37. The maximum absolute atomic E-state index is 12.1. The van der Waals surface area contributed by atoms with Crippen LogP contribution in [0.1, 0.15) is 10.4 Å². The molecule has 0 atom stereocenters. The first-order chi connectivity index (χ1) is 9.49. The zero-order chi connectivity index (χ0) is 14.7. The molecule has 1 aromatic carbocycles. The first-order valence-electron chi connectivity index (χ1n) is 5.34. The number of hydrogen-bond acceptors (Lipinski definition) is 4. The number of halogens is 2. The lowest BCUT2D eigenvalue weighted by Gasteiger charge is -2.07. The van der Waals surface area contributed by atoms with Gasteiger partial charge in [0, 0.05) is 23.5 Å². The highest BCUT2D eigenvalue weighted by Gasteiger charge is 2.21. The van der Waals surface area contributed by atoms with Gasteiger partial charge in [-0.1, -0.05) is 11.6 Å². The number of aromatic nitrogens is 1. The first kappa shape index (κ1) is 14.4. The van der Waals surface area contributed by atoms with Crippen LogP contribution in [0.4, 0.5) is 11.4 Å². The second-order valence-electron chi connectivity index (χ2n) is 3.73. The van der Waals surface area contributed by atoms with Gasteiger partial charge in [0.15, 0.2) is 0 Å². The molecule has 0 unspecified atom stereocenters. The SMILES string of the molecule is O=C(Nc1ccncc1Br)c1cc(Cl)ccc1[N+](=O)[O-]. The van der Waals surface area contributed by atoms with E-state index in [1.54, 1.807) is 6.07 Å². The normalized spacial score (nSPS) is 10.1. The molecule has 8 heteroatoms. The molecule has 6 nitrogen and oxygen atoms in total. The summed E-state index contributed by atoms with van der Waals surface area (Å²) < 4.78 is 0.568. The Morgan fingerprint density at radius 3 is 2.80 bits per heavy atom. The van der Waals surface area contributed by atoms with Crippen LogP contribution >= 0.6 is 27.5 Å². The molecule has 0 aliphatic heterocycles. The standard InChI is InChI=1S/C12H7BrClN3O3/c13-9-6-15-4-3-10(9)16-12(18)8-5-7(14)1-2-11(8)17(19)20/h1-6H,(H,15,16,18). The zero-order valence-electron chi connectivity index (χ0n) is 9.84. The molecular weight excluding hydrogens is 350 g/mol. The molecule has 102 valence electrons. The topological polar surface area (TPSA) is 85.1 Å². The minimum Gasteiger partial charge on any atom is -0.321 e. The van der Waals surface area contributed by atoms with Gasteiger partial charge in [0.2, 0.25) is 0 Å². The molecule has 2 aromatic rings. The summed E-state index contributed by atoms with van der Waals surface area (Å²) in [5, 5.41) is 13.7. The van der Waals surface area contributed by atoms with Gasteiger partial charge in [-0.2, -0.15) is 0 Å². The molecule has 1 N–H and O–H groups in total. The average molecular weight is 357 g/mol. The highest BCUT2D eigenvalue weighted by atomic mass is 79.9. The van der Waals surface area contributed by atoms with Crippen molar-refractivity contribution in [2.75, 3.05) is 5.32 Å². The van der Waals surface area contributed by atoms with Crippen LogP contribution in [0.15, 0.2) is 41.1 Å². The molecule has 0 saturated carbocycles. The molecule has 0 fully saturated rings. The molecule has 1 heterocycles. The number of nitrogens with one attached hydrogen (secondary N) is 1. The molecule has 0 spiro atoms. The number of carbonyl (C=O) groups excluding carboxylic acids is 1. The lowest BCUT2D eigenvalue weighted by Crippen LogP contribution is -2.14. The third kappa shape index (κ3) is 3.12. The molecular formula is C12H7BrClN3O3. The van der Waals surface area contributed by atoms with Gasteiger partial charge in [0.1, 0.15) is 5.56 Å². The van der Waals surface area contributed by atoms with E-state index in [9.17, 15) is 14.9 Å². The van der Waals surface area contributed by atoms with Gasteiger partial charge >= 0.3 is 0 Å². The first-order valence-corrected chi connectivity index (χ1v) is 6.51. The Morgan fingerprint density at radius 2 is 2.15 bits per heavy atom. The number of hydrogen-bond donors (Lipinski definition) is 1. The maximum Gasteiger partial charge on any atom is 0.282 e. The molecule has 1 aromatic heterocycles. The van der Waals surface area contributed by atoms with E-state index in [-0.39, 0.29) is 16.3 Å². The highest BCUT2D eigenvalue weighted by molar-refractivity contribution is 9.10. The van der Waals surface area contributed by atoms with Crippen molar-refractivity contribution in [3.8, 4) is 0 Å². The van der Waals surface area contributed by atoms with Crippen molar-refractivity contribution in [1.29, 1.82) is 0 Å². The number of anilines is 1. The van der Waals surface area contributed by atoms with Gasteiger partial charge in [-0.25, -0.2) is 0 Å². The van der Waals surface area contributed by atoms with Crippen LogP contribution in [0.5, 0.6) is 0 Å². The number of nitro groups is 1. The van der Waals surface area contributed by atoms with E-state index < -0.39 is 10.8 Å². The van der Waals surface area contributed by atoms with E-state index in [0.29, 0.717) is 10.2 Å². The maximum atomic E-state index is 12.1. The Bertz CT molecular complexity index is 693. The third-order valence-electron chi connectivity index (χ3n) is 2.42. The molecule has 2 rings (SSSR count). The second-order valence-corrected chi connectivity index (χ2v) is 5.02. The van der Waals surface area contributed by atoms with E-state index in [4.69, 9.17) is 11.6 Å². The largest absolute Gasteiger partial charge is 0.321 e. The number of nitro benzene ring substituents is 1. The summed E-state index contributed by atoms with van der Waals surface area (Å²) in [6.45, 7) is 0. The average Bonchev–Trinajstić information content (AvgIpc) is 2.40. The van der Waals surface area contributed by atoms with E-state index in [1.165, 1.54) is 30.6 Å². The summed E-state index contributed by atoms with van der Waals surface area (Å²) in [7, 11) is 0. The molecule has 0 aliphatic carbocycles. The Labute approximate surface area is 127 Å². The summed E-state index contributed by atoms with van der Waals surface area (Å²) in [4.78, 5) is 26.3. The van der Waals surface area contributed by atoms with Crippen molar-refractivity contribution in [3.63, 3.8) is 0 Å². The summed E-state index contributed by atoms with van der Waals surface area (Å²) in [5.74, 6) is -0.619. The molecule has 0 bridgehead atoms. The number of carbonyl (C=O) groups is 1. The lowest BCUT2D eigenvalue weighted by atomic mass is 10.1. The van der Waals surface area contributed by atoms with Crippen molar-refractivity contribution in [1.82, 2.24) is 4.98 Å². The molecule has 1 amide bonds. The van der Waals surface area contributed by atoms with Crippen molar-refractivity contribution in [2.45, 2.75) is 0 Å². The predicted octanol–water partition coefficient (Wildman–Crippen LogP) is 3.66. The van der Waals surface area contributed by atoms with Crippen LogP contribution in [0, 0.1) is 10.1 Å². The van der Waals surface area contributed by atoms with Crippen molar-refractivity contribution < 1.29 is 9.72 Å². The van der Waals surface area contributed by atoms with E-state index in [2.05, 4.69) is 26.2 Å². The Morgan fingerprint density at radius 1 is 1.40 bits per heavy atom.